The number of fused-ring (bicyclic) bond motifs is 1. The highest BCUT2D eigenvalue weighted by Gasteiger charge is 2.18. The standard InChI is InChI=1S/C21H15N3O5S/c1-12-14(5-4-8-17(12)24(27)28)18-10-9-13(29-18)11-19(20(25)26)30-21-22-15-6-2-3-7-16(15)23-21/h2-11H,1H3,(H,22,23)(H,25,26)/b19-11-. The lowest BCUT2D eigenvalue weighted by atomic mass is 10.1. The highest BCUT2D eigenvalue weighted by molar-refractivity contribution is 8.04. The lowest BCUT2D eigenvalue weighted by molar-refractivity contribution is -0.385. The first-order valence-electron chi connectivity index (χ1n) is 8.84. The van der Waals surface area contributed by atoms with E-state index >= 15 is 0 Å². The van der Waals surface area contributed by atoms with Gasteiger partial charge in [0.05, 0.1) is 16.0 Å². The number of hydrogen-bond donors (Lipinski definition) is 2. The number of thioether (sulfide) groups is 1. The molecule has 9 heteroatoms. The third kappa shape index (κ3) is 3.83. The molecule has 0 unspecified atom stereocenters. The zero-order valence-corrected chi connectivity index (χ0v) is 16.5. The van der Waals surface area contributed by atoms with E-state index in [2.05, 4.69) is 9.97 Å². The molecule has 4 rings (SSSR count). The molecular weight excluding hydrogens is 406 g/mol. The van der Waals surface area contributed by atoms with Crippen molar-refractivity contribution in [3.8, 4) is 11.3 Å². The molecule has 0 fully saturated rings. The number of hydrogen-bond acceptors (Lipinski definition) is 6. The Labute approximate surface area is 174 Å². The van der Waals surface area contributed by atoms with Crippen LogP contribution >= 0.6 is 11.8 Å². The summed E-state index contributed by atoms with van der Waals surface area (Å²) < 4.78 is 5.76. The van der Waals surface area contributed by atoms with Gasteiger partial charge in [-0.05, 0) is 43.0 Å². The number of rotatable bonds is 6. The molecule has 0 saturated heterocycles. The second kappa shape index (κ2) is 7.88. The smallest absolute Gasteiger partial charge is 0.342 e. The predicted octanol–water partition coefficient (Wildman–Crippen LogP) is 5.26. The van der Waals surface area contributed by atoms with Crippen molar-refractivity contribution < 1.29 is 19.2 Å². The lowest BCUT2D eigenvalue weighted by Crippen LogP contribution is -1.96. The molecule has 0 saturated carbocycles. The van der Waals surface area contributed by atoms with Crippen LogP contribution in [0.5, 0.6) is 0 Å². The zero-order chi connectivity index (χ0) is 21.3. The van der Waals surface area contributed by atoms with E-state index in [0.29, 0.717) is 27.8 Å². The number of carboxylic acid groups (broad SMARTS) is 1. The van der Waals surface area contributed by atoms with Crippen LogP contribution in [0.1, 0.15) is 11.3 Å². The first kappa shape index (κ1) is 19.5. The number of H-pyrrole nitrogens is 1. The average molecular weight is 421 g/mol. The Morgan fingerprint density at radius 1 is 1.20 bits per heavy atom. The molecule has 30 heavy (non-hydrogen) atoms. The fourth-order valence-electron chi connectivity index (χ4n) is 3.01. The van der Waals surface area contributed by atoms with Crippen molar-refractivity contribution in [3.63, 3.8) is 0 Å². The number of carboxylic acids is 1. The Hall–Kier alpha value is -3.85. The van der Waals surface area contributed by atoms with Gasteiger partial charge in [-0.15, -0.1) is 0 Å². The van der Waals surface area contributed by atoms with Crippen LogP contribution in [0.3, 0.4) is 0 Å². The summed E-state index contributed by atoms with van der Waals surface area (Å²) >= 11 is 0.978. The van der Waals surface area contributed by atoms with Crippen molar-refractivity contribution in [3.05, 3.63) is 80.9 Å². The summed E-state index contributed by atoms with van der Waals surface area (Å²) in [6.07, 6.45) is 1.40. The number of nitro groups is 1. The quantitative estimate of drug-likeness (QED) is 0.188. The molecule has 0 atom stereocenters. The van der Waals surface area contributed by atoms with E-state index in [4.69, 9.17) is 4.42 Å². The highest BCUT2D eigenvalue weighted by Crippen LogP contribution is 2.33. The summed E-state index contributed by atoms with van der Waals surface area (Å²) in [6, 6.07) is 15.4. The number of imidazole rings is 1. The summed E-state index contributed by atoms with van der Waals surface area (Å²) in [6.45, 7) is 1.64. The lowest BCUT2D eigenvalue weighted by Gasteiger charge is -2.03. The van der Waals surface area contributed by atoms with Crippen molar-refractivity contribution >= 4 is 40.5 Å². The molecule has 2 heterocycles. The number of carbonyl (C=O) groups is 1. The molecular formula is C21H15N3O5S. The topological polar surface area (TPSA) is 122 Å². The molecule has 2 N–H and O–H groups in total. The van der Waals surface area contributed by atoms with Crippen molar-refractivity contribution in [1.29, 1.82) is 0 Å². The van der Waals surface area contributed by atoms with Gasteiger partial charge in [-0.3, -0.25) is 10.1 Å². The van der Waals surface area contributed by atoms with E-state index in [9.17, 15) is 20.0 Å². The van der Waals surface area contributed by atoms with Gasteiger partial charge in [0.25, 0.3) is 5.69 Å². The van der Waals surface area contributed by atoms with Crippen LogP contribution < -0.4 is 0 Å². The third-order valence-electron chi connectivity index (χ3n) is 4.45. The molecule has 0 bridgehead atoms. The number of benzene rings is 2. The number of nitrogens with one attached hydrogen (secondary N) is 1. The fourth-order valence-corrected chi connectivity index (χ4v) is 3.78. The number of furan rings is 1. The molecule has 0 radical (unpaired) electrons. The van der Waals surface area contributed by atoms with Crippen molar-refractivity contribution in [2.75, 3.05) is 0 Å². The minimum absolute atomic E-state index is 0.00680. The van der Waals surface area contributed by atoms with Crippen LogP contribution in [0.25, 0.3) is 28.4 Å². The maximum absolute atomic E-state index is 11.7. The second-order valence-corrected chi connectivity index (χ2v) is 7.41. The fraction of sp³-hybridized carbons (Fsp3) is 0.0476. The van der Waals surface area contributed by atoms with Gasteiger partial charge in [-0.2, -0.15) is 0 Å². The zero-order valence-electron chi connectivity index (χ0n) is 15.7. The van der Waals surface area contributed by atoms with Gasteiger partial charge >= 0.3 is 5.97 Å². The summed E-state index contributed by atoms with van der Waals surface area (Å²) in [5, 5.41) is 21.2. The Kier molecular flexibility index (Phi) is 5.11. The van der Waals surface area contributed by atoms with Crippen LogP contribution in [-0.2, 0) is 4.79 Å². The minimum atomic E-state index is -1.12. The molecule has 2 aromatic heterocycles. The maximum Gasteiger partial charge on any atom is 0.342 e. The minimum Gasteiger partial charge on any atom is -0.477 e. The molecule has 8 nitrogen and oxygen atoms in total. The summed E-state index contributed by atoms with van der Waals surface area (Å²) in [4.78, 5) is 29.9. The van der Waals surface area contributed by atoms with Crippen LogP contribution in [-0.4, -0.2) is 26.0 Å². The number of aromatic amines is 1. The molecule has 0 aliphatic rings. The first-order chi connectivity index (χ1) is 14.4. The normalized spacial score (nSPS) is 11.7. The third-order valence-corrected chi connectivity index (χ3v) is 5.35. The SMILES string of the molecule is Cc1c(-c2ccc(/C=C(\Sc3nc4ccccc4[nH]3)C(=O)O)o2)cccc1[N+](=O)[O-]. The van der Waals surface area contributed by atoms with Crippen LogP contribution in [0.4, 0.5) is 5.69 Å². The first-order valence-corrected chi connectivity index (χ1v) is 9.66. The van der Waals surface area contributed by atoms with E-state index in [1.807, 2.05) is 24.3 Å². The summed E-state index contributed by atoms with van der Waals surface area (Å²) in [5.74, 6) is -0.386. The number of aliphatic carboxylic acids is 1. The Bertz CT molecular complexity index is 1270. The number of para-hydroxylation sites is 2. The molecule has 4 aromatic rings. The molecule has 0 spiro atoms. The van der Waals surface area contributed by atoms with Gasteiger partial charge in [-0.25, -0.2) is 9.78 Å². The van der Waals surface area contributed by atoms with E-state index in [1.54, 1.807) is 31.2 Å². The molecule has 150 valence electrons. The van der Waals surface area contributed by atoms with E-state index in [1.165, 1.54) is 12.1 Å². The van der Waals surface area contributed by atoms with Gasteiger partial charge in [0, 0.05) is 23.3 Å². The van der Waals surface area contributed by atoms with Gasteiger partial charge in [0.1, 0.15) is 16.4 Å². The van der Waals surface area contributed by atoms with Crippen LogP contribution in [0, 0.1) is 17.0 Å². The molecule has 0 amide bonds. The van der Waals surface area contributed by atoms with Crippen molar-refractivity contribution in [1.82, 2.24) is 9.97 Å². The monoisotopic (exact) mass is 421 g/mol. The second-order valence-electron chi connectivity index (χ2n) is 6.38. The number of nitrogens with zero attached hydrogens (tertiary/aromatic N) is 2. The summed E-state index contributed by atoms with van der Waals surface area (Å²) in [7, 11) is 0. The van der Waals surface area contributed by atoms with Gasteiger partial charge < -0.3 is 14.5 Å². The van der Waals surface area contributed by atoms with Crippen LogP contribution in [0.2, 0.25) is 0 Å². The van der Waals surface area contributed by atoms with Gasteiger partial charge in [-0.1, -0.05) is 24.3 Å². The number of nitro benzene ring substituents is 1. The Morgan fingerprint density at radius 2 is 2.00 bits per heavy atom. The Morgan fingerprint density at radius 3 is 2.73 bits per heavy atom. The van der Waals surface area contributed by atoms with E-state index < -0.39 is 10.9 Å². The van der Waals surface area contributed by atoms with E-state index in [0.717, 1.165) is 22.8 Å². The van der Waals surface area contributed by atoms with E-state index in [-0.39, 0.29) is 10.6 Å². The molecule has 0 aliphatic carbocycles. The predicted molar refractivity (Wildman–Crippen MR) is 113 cm³/mol. The van der Waals surface area contributed by atoms with Gasteiger partial charge in [0.15, 0.2) is 5.16 Å². The summed E-state index contributed by atoms with van der Waals surface area (Å²) in [5.41, 5.74) is 2.60. The highest BCUT2D eigenvalue weighted by atomic mass is 32.2. The van der Waals surface area contributed by atoms with Crippen molar-refractivity contribution in [2.24, 2.45) is 0 Å². The largest absolute Gasteiger partial charge is 0.477 e. The van der Waals surface area contributed by atoms with Gasteiger partial charge in [0.2, 0.25) is 0 Å². The Balaban J connectivity index is 1.65. The molecule has 0 aliphatic heterocycles. The number of aromatic nitrogens is 2. The van der Waals surface area contributed by atoms with Crippen molar-refractivity contribution in [2.45, 2.75) is 12.1 Å². The van der Waals surface area contributed by atoms with Crippen LogP contribution in [0.15, 0.2) is 69.1 Å². The average Bonchev–Trinajstić information content (AvgIpc) is 3.33. The maximum atomic E-state index is 11.7. The molecule has 2 aromatic carbocycles.